The van der Waals surface area contributed by atoms with Crippen molar-refractivity contribution in [2.24, 2.45) is 17.8 Å². The zero-order chi connectivity index (χ0) is 12.3. The molecule has 0 bridgehead atoms. The fraction of sp³-hybridized carbons (Fsp3) is 1.00. The lowest BCUT2D eigenvalue weighted by atomic mass is 9.69. The molecule has 2 aliphatic rings. The Kier molecular flexibility index (Phi) is 4.52. The Bertz CT molecular complexity index is 232. The molecule has 0 aromatic heterocycles. The molecule has 2 fully saturated rings. The Balaban J connectivity index is 1.80. The second-order valence-corrected chi connectivity index (χ2v) is 6.93. The van der Waals surface area contributed by atoms with Crippen LogP contribution in [0.15, 0.2) is 0 Å². The van der Waals surface area contributed by atoms with Gasteiger partial charge in [-0.2, -0.15) is 0 Å². The topological polar surface area (TPSA) is 20.2 Å². The zero-order valence-corrected chi connectivity index (χ0v) is 11.8. The van der Waals surface area contributed by atoms with E-state index >= 15 is 0 Å². The van der Waals surface area contributed by atoms with Crippen molar-refractivity contribution in [3.8, 4) is 0 Å². The van der Waals surface area contributed by atoms with Crippen LogP contribution in [-0.4, -0.2) is 10.7 Å². The Labute approximate surface area is 107 Å². The van der Waals surface area contributed by atoms with E-state index in [-0.39, 0.29) is 5.60 Å². The van der Waals surface area contributed by atoms with Crippen LogP contribution in [0.3, 0.4) is 0 Å². The maximum atomic E-state index is 10.8. The quantitative estimate of drug-likeness (QED) is 0.765. The van der Waals surface area contributed by atoms with Gasteiger partial charge in [-0.15, -0.1) is 0 Å². The first-order valence-corrected chi connectivity index (χ1v) is 7.82. The standard InChI is InChI=1S/C16H30O/c1-13-8-10-16(17,14(2)12-13)11-9-15-6-4-3-5-7-15/h13-15,17H,3-12H2,1-2H3. The Morgan fingerprint density at radius 2 is 1.76 bits per heavy atom. The molecule has 2 saturated carbocycles. The van der Waals surface area contributed by atoms with E-state index in [4.69, 9.17) is 0 Å². The fourth-order valence-corrected chi connectivity index (χ4v) is 3.98. The second-order valence-electron chi connectivity index (χ2n) is 6.93. The van der Waals surface area contributed by atoms with Gasteiger partial charge in [0.2, 0.25) is 0 Å². The first-order chi connectivity index (χ1) is 8.10. The van der Waals surface area contributed by atoms with Crippen LogP contribution in [0.25, 0.3) is 0 Å². The molecule has 0 saturated heterocycles. The minimum Gasteiger partial charge on any atom is -0.390 e. The molecule has 17 heavy (non-hydrogen) atoms. The summed E-state index contributed by atoms with van der Waals surface area (Å²) in [6.45, 7) is 4.59. The Morgan fingerprint density at radius 1 is 1.06 bits per heavy atom. The highest BCUT2D eigenvalue weighted by Crippen LogP contribution is 2.41. The summed E-state index contributed by atoms with van der Waals surface area (Å²) in [7, 11) is 0. The monoisotopic (exact) mass is 238 g/mol. The van der Waals surface area contributed by atoms with E-state index in [0.29, 0.717) is 5.92 Å². The highest BCUT2D eigenvalue weighted by molar-refractivity contribution is 4.90. The van der Waals surface area contributed by atoms with Gasteiger partial charge in [-0.25, -0.2) is 0 Å². The summed E-state index contributed by atoms with van der Waals surface area (Å²) in [4.78, 5) is 0. The molecule has 3 unspecified atom stereocenters. The van der Waals surface area contributed by atoms with Crippen LogP contribution in [0.5, 0.6) is 0 Å². The van der Waals surface area contributed by atoms with Gasteiger partial charge in [0.1, 0.15) is 0 Å². The van der Waals surface area contributed by atoms with Crippen molar-refractivity contribution in [3.05, 3.63) is 0 Å². The average Bonchev–Trinajstić information content (AvgIpc) is 2.34. The van der Waals surface area contributed by atoms with Crippen LogP contribution in [0.1, 0.15) is 78.1 Å². The lowest BCUT2D eigenvalue weighted by Crippen LogP contribution is -2.41. The molecular weight excluding hydrogens is 208 g/mol. The smallest absolute Gasteiger partial charge is 0.0673 e. The predicted octanol–water partition coefficient (Wildman–Crippen LogP) is 4.53. The normalized spacial score (nSPS) is 40.4. The van der Waals surface area contributed by atoms with Gasteiger partial charge in [0.05, 0.1) is 5.60 Å². The summed E-state index contributed by atoms with van der Waals surface area (Å²) >= 11 is 0. The highest BCUT2D eigenvalue weighted by Gasteiger charge is 2.38. The van der Waals surface area contributed by atoms with Gasteiger partial charge < -0.3 is 5.11 Å². The van der Waals surface area contributed by atoms with Crippen LogP contribution in [0.4, 0.5) is 0 Å². The summed E-state index contributed by atoms with van der Waals surface area (Å²) in [6, 6.07) is 0. The summed E-state index contributed by atoms with van der Waals surface area (Å²) in [5.41, 5.74) is -0.329. The van der Waals surface area contributed by atoms with E-state index in [2.05, 4.69) is 13.8 Å². The largest absolute Gasteiger partial charge is 0.390 e. The zero-order valence-electron chi connectivity index (χ0n) is 11.8. The van der Waals surface area contributed by atoms with Crippen LogP contribution in [0, 0.1) is 17.8 Å². The fourth-order valence-electron chi connectivity index (χ4n) is 3.98. The molecule has 1 N–H and O–H groups in total. The lowest BCUT2D eigenvalue weighted by Gasteiger charge is -2.41. The van der Waals surface area contributed by atoms with Crippen molar-refractivity contribution in [1.82, 2.24) is 0 Å². The minimum atomic E-state index is -0.329. The van der Waals surface area contributed by atoms with Crippen molar-refractivity contribution in [3.63, 3.8) is 0 Å². The van der Waals surface area contributed by atoms with Gasteiger partial charge in [-0.05, 0) is 49.9 Å². The molecule has 0 amide bonds. The molecule has 1 nitrogen and oxygen atoms in total. The molecule has 0 radical (unpaired) electrons. The van der Waals surface area contributed by atoms with Crippen LogP contribution in [0.2, 0.25) is 0 Å². The van der Waals surface area contributed by atoms with Gasteiger partial charge in [0.15, 0.2) is 0 Å². The number of hydrogen-bond acceptors (Lipinski definition) is 1. The third-order valence-electron chi connectivity index (χ3n) is 5.45. The number of hydrogen-bond donors (Lipinski definition) is 1. The van der Waals surface area contributed by atoms with E-state index in [1.54, 1.807) is 0 Å². The lowest BCUT2D eigenvalue weighted by molar-refractivity contribution is -0.0636. The molecule has 100 valence electrons. The molecule has 0 aliphatic heterocycles. The molecule has 2 rings (SSSR count). The van der Waals surface area contributed by atoms with Gasteiger partial charge in [0.25, 0.3) is 0 Å². The van der Waals surface area contributed by atoms with Crippen molar-refractivity contribution in [2.45, 2.75) is 83.7 Å². The number of rotatable bonds is 3. The van der Waals surface area contributed by atoms with Gasteiger partial charge >= 0.3 is 0 Å². The Morgan fingerprint density at radius 3 is 2.41 bits per heavy atom. The molecule has 3 atom stereocenters. The maximum absolute atomic E-state index is 10.8. The molecule has 0 aromatic carbocycles. The van der Waals surface area contributed by atoms with Crippen LogP contribution in [-0.2, 0) is 0 Å². The van der Waals surface area contributed by atoms with Crippen molar-refractivity contribution >= 4 is 0 Å². The highest BCUT2D eigenvalue weighted by atomic mass is 16.3. The van der Waals surface area contributed by atoms with Crippen molar-refractivity contribution < 1.29 is 5.11 Å². The second kappa shape index (κ2) is 5.73. The summed E-state index contributed by atoms with van der Waals surface area (Å²) in [5.74, 6) is 2.24. The first kappa shape index (κ1) is 13.4. The molecule has 0 aromatic rings. The van der Waals surface area contributed by atoms with E-state index < -0.39 is 0 Å². The molecule has 1 heteroatoms. The van der Waals surface area contributed by atoms with Crippen LogP contribution >= 0.6 is 0 Å². The molecule has 0 heterocycles. The van der Waals surface area contributed by atoms with Crippen molar-refractivity contribution in [2.75, 3.05) is 0 Å². The van der Waals surface area contributed by atoms with E-state index in [1.807, 2.05) is 0 Å². The maximum Gasteiger partial charge on any atom is 0.0673 e. The first-order valence-electron chi connectivity index (χ1n) is 7.82. The summed E-state index contributed by atoms with van der Waals surface area (Å²) < 4.78 is 0. The summed E-state index contributed by atoms with van der Waals surface area (Å²) in [5, 5.41) is 10.8. The minimum absolute atomic E-state index is 0.329. The van der Waals surface area contributed by atoms with Gasteiger partial charge in [0, 0.05) is 0 Å². The average molecular weight is 238 g/mol. The molecule has 0 spiro atoms. The predicted molar refractivity (Wildman–Crippen MR) is 72.9 cm³/mol. The Hall–Kier alpha value is -0.0400. The van der Waals surface area contributed by atoms with E-state index in [0.717, 1.165) is 24.7 Å². The number of aliphatic hydroxyl groups is 1. The van der Waals surface area contributed by atoms with Gasteiger partial charge in [-0.3, -0.25) is 0 Å². The summed E-state index contributed by atoms with van der Waals surface area (Å²) in [6.07, 6.45) is 13.0. The molecule has 2 aliphatic carbocycles. The third kappa shape index (κ3) is 3.47. The van der Waals surface area contributed by atoms with E-state index in [1.165, 1.54) is 51.4 Å². The molecular formula is C16H30O. The van der Waals surface area contributed by atoms with Crippen molar-refractivity contribution in [1.29, 1.82) is 0 Å². The van der Waals surface area contributed by atoms with Crippen LogP contribution < -0.4 is 0 Å². The SMILES string of the molecule is CC1CCC(O)(CCC2CCCCC2)C(C)C1. The third-order valence-corrected chi connectivity index (χ3v) is 5.45. The van der Waals surface area contributed by atoms with E-state index in [9.17, 15) is 5.11 Å². The van der Waals surface area contributed by atoms with Gasteiger partial charge in [-0.1, -0.05) is 46.0 Å².